The molecule has 2 N–H and O–H groups in total. The third-order valence-electron chi connectivity index (χ3n) is 2.49. The lowest BCUT2D eigenvalue weighted by Gasteiger charge is -2.24. The number of aromatic nitrogens is 1. The third-order valence-corrected chi connectivity index (χ3v) is 3.50. The molecule has 0 radical (unpaired) electrons. The van der Waals surface area contributed by atoms with E-state index in [2.05, 4.69) is 4.98 Å². The summed E-state index contributed by atoms with van der Waals surface area (Å²) >= 11 is 7.59. The van der Waals surface area contributed by atoms with Gasteiger partial charge in [0.25, 0.3) is 0 Å². The Morgan fingerprint density at radius 3 is 2.94 bits per heavy atom. The normalized spacial score (nSPS) is 14.7. The third kappa shape index (κ3) is 2.61. The van der Waals surface area contributed by atoms with Gasteiger partial charge in [-0.3, -0.25) is 0 Å². The monoisotopic (exact) mass is 252 g/mol. The summed E-state index contributed by atoms with van der Waals surface area (Å²) in [7, 11) is 0. The molecule has 0 amide bonds. The molecule has 2 aromatic rings. The van der Waals surface area contributed by atoms with Crippen molar-refractivity contribution in [3.05, 3.63) is 51.4 Å². The van der Waals surface area contributed by atoms with Crippen molar-refractivity contribution in [2.75, 3.05) is 0 Å². The molecule has 1 aromatic carbocycles. The number of benzene rings is 1. The Labute approximate surface area is 104 Å². The second-order valence-corrected chi connectivity index (χ2v) is 5.45. The second kappa shape index (κ2) is 4.53. The lowest BCUT2D eigenvalue weighted by atomic mass is 9.90. The molecule has 2 rings (SSSR count). The summed E-state index contributed by atoms with van der Waals surface area (Å²) in [6.07, 6.45) is 2.53. The molecule has 0 aliphatic heterocycles. The van der Waals surface area contributed by atoms with Gasteiger partial charge in [0.1, 0.15) is 0 Å². The number of hydrogen-bond acceptors (Lipinski definition) is 3. The number of rotatable bonds is 3. The van der Waals surface area contributed by atoms with Crippen LogP contribution in [0.2, 0.25) is 5.02 Å². The first-order valence-electron chi connectivity index (χ1n) is 5.01. The fraction of sp³-hybridized carbons (Fsp3) is 0.250. The van der Waals surface area contributed by atoms with E-state index in [1.54, 1.807) is 17.5 Å². The Hall–Kier alpha value is -0.900. The zero-order valence-corrected chi connectivity index (χ0v) is 10.6. The van der Waals surface area contributed by atoms with Crippen molar-refractivity contribution in [2.24, 2.45) is 5.73 Å². The van der Waals surface area contributed by atoms with Crippen LogP contribution in [-0.4, -0.2) is 4.98 Å². The summed E-state index contributed by atoms with van der Waals surface area (Å²) in [6, 6.07) is 7.68. The lowest BCUT2D eigenvalue weighted by Crippen LogP contribution is -2.35. The van der Waals surface area contributed by atoms with Crippen LogP contribution in [-0.2, 0) is 12.0 Å². The summed E-state index contributed by atoms with van der Waals surface area (Å²) in [5, 5.41) is 3.72. The fourth-order valence-corrected chi connectivity index (χ4v) is 2.57. The SMILES string of the molecule is CC(N)(Cc1nccs1)c1cccc(Cl)c1. The van der Waals surface area contributed by atoms with E-state index >= 15 is 0 Å². The highest BCUT2D eigenvalue weighted by Gasteiger charge is 2.22. The predicted molar refractivity (Wildman–Crippen MR) is 68.8 cm³/mol. The molecule has 84 valence electrons. The van der Waals surface area contributed by atoms with Gasteiger partial charge in [-0.15, -0.1) is 11.3 Å². The first-order chi connectivity index (χ1) is 7.58. The maximum Gasteiger partial charge on any atom is 0.0946 e. The van der Waals surface area contributed by atoms with Crippen LogP contribution < -0.4 is 5.73 Å². The van der Waals surface area contributed by atoms with Gasteiger partial charge >= 0.3 is 0 Å². The minimum Gasteiger partial charge on any atom is -0.321 e. The Balaban J connectivity index is 2.24. The molecule has 1 atom stereocenters. The second-order valence-electron chi connectivity index (χ2n) is 4.03. The van der Waals surface area contributed by atoms with E-state index in [1.807, 2.05) is 36.6 Å². The maximum atomic E-state index is 6.31. The summed E-state index contributed by atoms with van der Waals surface area (Å²) in [6.45, 7) is 2.00. The zero-order chi connectivity index (χ0) is 11.6. The van der Waals surface area contributed by atoms with Gasteiger partial charge < -0.3 is 5.73 Å². The van der Waals surface area contributed by atoms with Crippen LogP contribution in [0, 0.1) is 0 Å². The van der Waals surface area contributed by atoms with Gasteiger partial charge in [-0.1, -0.05) is 23.7 Å². The van der Waals surface area contributed by atoms with Gasteiger partial charge in [0, 0.05) is 28.6 Å². The average molecular weight is 253 g/mol. The molecule has 0 saturated heterocycles. The van der Waals surface area contributed by atoms with Gasteiger partial charge in [-0.05, 0) is 24.6 Å². The van der Waals surface area contributed by atoms with Crippen LogP contribution in [0.15, 0.2) is 35.8 Å². The molecule has 0 bridgehead atoms. The van der Waals surface area contributed by atoms with Gasteiger partial charge in [0.15, 0.2) is 0 Å². The summed E-state index contributed by atoms with van der Waals surface area (Å²) in [4.78, 5) is 4.25. The van der Waals surface area contributed by atoms with Crippen LogP contribution in [0.4, 0.5) is 0 Å². The Morgan fingerprint density at radius 1 is 1.50 bits per heavy atom. The fourth-order valence-electron chi connectivity index (χ4n) is 1.60. The molecule has 16 heavy (non-hydrogen) atoms. The Bertz CT molecular complexity index is 466. The van der Waals surface area contributed by atoms with Crippen molar-refractivity contribution >= 4 is 22.9 Å². The highest BCUT2D eigenvalue weighted by Crippen LogP contribution is 2.25. The molecule has 0 spiro atoms. The lowest BCUT2D eigenvalue weighted by molar-refractivity contribution is 0.490. The molecule has 1 unspecified atom stereocenters. The van der Waals surface area contributed by atoms with Crippen molar-refractivity contribution in [1.82, 2.24) is 4.98 Å². The first-order valence-corrected chi connectivity index (χ1v) is 6.27. The smallest absolute Gasteiger partial charge is 0.0946 e. The van der Waals surface area contributed by atoms with Crippen LogP contribution in [0.1, 0.15) is 17.5 Å². The molecular weight excluding hydrogens is 240 g/mol. The van der Waals surface area contributed by atoms with E-state index in [1.165, 1.54) is 0 Å². The molecule has 0 aliphatic carbocycles. The number of nitrogens with two attached hydrogens (primary N) is 1. The molecule has 2 nitrogen and oxygen atoms in total. The van der Waals surface area contributed by atoms with Crippen molar-refractivity contribution < 1.29 is 0 Å². The molecule has 0 aliphatic rings. The number of nitrogens with zero attached hydrogens (tertiary/aromatic N) is 1. The largest absolute Gasteiger partial charge is 0.321 e. The molecule has 1 aromatic heterocycles. The van der Waals surface area contributed by atoms with E-state index in [0.717, 1.165) is 17.0 Å². The average Bonchev–Trinajstić information content (AvgIpc) is 2.70. The molecule has 0 saturated carbocycles. The van der Waals surface area contributed by atoms with Crippen molar-refractivity contribution in [2.45, 2.75) is 18.9 Å². The van der Waals surface area contributed by atoms with Crippen molar-refractivity contribution in [1.29, 1.82) is 0 Å². The van der Waals surface area contributed by atoms with Gasteiger partial charge in [-0.2, -0.15) is 0 Å². The van der Waals surface area contributed by atoms with E-state index < -0.39 is 5.54 Å². The number of halogens is 1. The topological polar surface area (TPSA) is 38.9 Å². The Kier molecular flexibility index (Phi) is 3.28. The minimum absolute atomic E-state index is 0.428. The maximum absolute atomic E-state index is 6.31. The number of hydrogen-bond donors (Lipinski definition) is 1. The molecule has 1 heterocycles. The first kappa shape index (κ1) is 11.6. The summed E-state index contributed by atoms with van der Waals surface area (Å²) in [5.74, 6) is 0. The van der Waals surface area contributed by atoms with Gasteiger partial charge in [0.2, 0.25) is 0 Å². The molecule has 4 heteroatoms. The van der Waals surface area contributed by atoms with E-state index in [4.69, 9.17) is 17.3 Å². The zero-order valence-electron chi connectivity index (χ0n) is 8.98. The van der Waals surface area contributed by atoms with Crippen molar-refractivity contribution in [3.8, 4) is 0 Å². The quantitative estimate of drug-likeness (QED) is 0.911. The van der Waals surface area contributed by atoms with Crippen molar-refractivity contribution in [3.63, 3.8) is 0 Å². The van der Waals surface area contributed by atoms with Crippen LogP contribution in [0.3, 0.4) is 0 Å². The highest BCUT2D eigenvalue weighted by atomic mass is 35.5. The number of thiazole rings is 1. The van der Waals surface area contributed by atoms with Gasteiger partial charge in [0.05, 0.1) is 5.01 Å². The molecule has 0 fully saturated rings. The van der Waals surface area contributed by atoms with Gasteiger partial charge in [-0.25, -0.2) is 4.98 Å². The van der Waals surface area contributed by atoms with Crippen LogP contribution in [0.5, 0.6) is 0 Å². The minimum atomic E-state index is -0.428. The Morgan fingerprint density at radius 2 is 2.31 bits per heavy atom. The van der Waals surface area contributed by atoms with Crippen LogP contribution >= 0.6 is 22.9 Å². The summed E-state index contributed by atoms with van der Waals surface area (Å²) in [5.41, 5.74) is 6.92. The highest BCUT2D eigenvalue weighted by molar-refractivity contribution is 7.09. The van der Waals surface area contributed by atoms with E-state index in [-0.39, 0.29) is 0 Å². The molecular formula is C12H13ClN2S. The van der Waals surface area contributed by atoms with E-state index in [9.17, 15) is 0 Å². The summed E-state index contributed by atoms with van der Waals surface area (Å²) < 4.78 is 0. The predicted octanol–water partition coefficient (Wildman–Crippen LogP) is 3.21. The standard InChI is InChI=1S/C12H13ClN2S/c1-12(14,8-11-15-5-6-16-11)9-3-2-4-10(13)7-9/h2-7H,8,14H2,1H3. The van der Waals surface area contributed by atoms with E-state index in [0.29, 0.717) is 5.02 Å². The van der Waals surface area contributed by atoms with Crippen LogP contribution in [0.25, 0.3) is 0 Å².